The van der Waals surface area contributed by atoms with Crippen molar-refractivity contribution in [3.63, 3.8) is 0 Å². The number of nitrogens with zero attached hydrogens (tertiary/aromatic N) is 1. The number of hydrogen-bond acceptors (Lipinski definition) is 2. The first kappa shape index (κ1) is 12.3. The molecule has 1 aromatic heterocycles. The lowest BCUT2D eigenvalue weighted by Crippen LogP contribution is -2.12. The summed E-state index contributed by atoms with van der Waals surface area (Å²) in [7, 11) is 0. The number of rotatable bonds is 2. The zero-order valence-corrected chi connectivity index (χ0v) is 10.2. The fourth-order valence-electron chi connectivity index (χ4n) is 1.90. The van der Waals surface area contributed by atoms with E-state index in [4.69, 9.17) is 0 Å². The summed E-state index contributed by atoms with van der Waals surface area (Å²) >= 11 is 0. The van der Waals surface area contributed by atoms with E-state index in [2.05, 4.69) is 15.5 Å². The molecule has 1 amide bonds. The Labute approximate surface area is 112 Å². The molecule has 0 radical (unpaired) electrons. The number of anilines is 1. The molecule has 20 heavy (non-hydrogen) atoms. The number of benzene rings is 2. The van der Waals surface area contributed by atoms with Crippen LogP contribution in [0.1, 0.15) is 10.5 Å². The standard InChI is InChI=1S/C14H9F2N3O/c15-8-4-6-9(7-5-8)17-14(20)13-10-2-1-3-11(16)12(10)18-19-13/h1-7H,(H,17,20)(H,18,19). The van der Waals surface area contributed by atoms with Crippen LogP contribution in [0.4, 0.5) is 14.5 Å². The first-order valence-electron chi connectivity index (χ1n) is 5.84. The molecule has 2 aromatic carbocycles. The number of fused-ring (bicyclic) bond motifs is 1. The molecule has 100 valence electrons. The maximum absolute atomic E-state index is 13.5. The molecule has 6 heteroatoms. The van der Waals surface area contributed by atoms with Gasteiger partial charge in [-0.25, -0.2) is 8.78 Å². The van der Waals surface area contributed by atoms with Gasteiger partial charge in [-0.2, -0.15) is 5.10 Å². The third-order valence-corrected chi connectivity index (χ3v) is 2.86. The monoisotopic (exact) mass is 273 g/mol. The molecule has 0 atom stereocenters. The first-order valence-corrected chi connectivity index (χ1v) is 5.84. The minimum atomic E-state index is -0.500. The second-order valence-electron chi connectivity index (χ2n) is 4.20. The number of amides is 1. The lowest BCUT2D eigenvalue weighted by atomic mass is 10.2. The quantitative estimate of drug-likeness (QED) is 0.753. The van der Waals surface area contributed by atoms with Crippen molar-refractivity contribution in [1.29, 1.82) is 0 Å². The van der Waals surface area contributed by atoms with E-state index in [0.29, 0.717) is 11.1 Å². The molecule has 3 rings (SSSR count). The zero-order chi connectivity index (χ0) is 14.1. The van der Waals surface area contributed by atoms with Crippen LogP contribution in [0.2, 0.25) is 0 Å². The van der Waals surface area contributed by atoms with Gasteiger partial charge in [-0.3, -0.25) is 9.89 Å². The highest BCUT2D eigenvalue weighted by Gasteiger charge is 2.15. The van der Waals surface area contributed by atoms with Gasteiger partial charge in [0.2, 0.25) is 0 Å². The summed E-state index contributed by atoms with van der Waals surface area (Å²) in [5.74, 6) is -1.36. The van der Waals surface area contributed by atoms with Gasteiger partial charge >= 0.3 is 0 Å². The van der Waals surface area contributed by atoms with Gasteiger partial charge in [0, 0.05) is 11.1 Å². The Morgan fingerprint density at radius 2 is 1.85 bits per heavy atom. The van der Waals surface area contributed by atoms with Crippen molar-refractivity contribution in [2.24, 2.45) is 0 Å². The van der Waals surface area contributed by atoms with Gasteiger partial charge in [0.1, 0.15) is 17.0 Å². The maximum Gasteiger partial charge on any atom is 0.274 e. The van der Waals surface area contributed by atoms with Crippen LogP contribution in [0.5, 0.6) is 0 Å². The fraction of sp³-hybridized carbons (Fsp3) is 0. The van der Waals surface area contributed by atoms with Gasteiger partial charge in [0.05, 0.1) is 0 Å². The minimum absolute atomic E-state index is 0.108. The number of halogens is 2. The molecule has 1 heterocycles. The van der Waals surface area contributed by atoms with Gasteiger partial charge in [-0.1, -0.05) is 12.1 Å². The van der Waals surface area contributed by atoms with E-state index in [-0.39, 0.29) is 11.2 Å². The summed E-state index contributed by atoms with van der Waals surface area (Å²) < 4.78 is 26.3. The number of H-pyrrole nitrogens is 1. The molecule has 0 saturated heterocycles. The molecule has 3 aromatic rings. The Morgan fingerprint density at radius 1 is 1.10 bits per heavy atom. The Bertz CT molecular complexity index is 781. The molecule has 0 saturated carbocycles. The van der Waals surface area contributed by atoms with Gasteiger partial charge in [0.25, 0.3) is 5.91 Å². The molecule has 4 nitrogen and oxygen atoms in total. The number of carbonyl (C=O) groups is 1. The molecular weight excluding hydrogens is 264 g/mol. The summed E-state index contributed by atoms with van der Waals surface area (Å²) in [6, 6.07) is 9.72. The molecule has 0 spiro atoms. The van der Waals surface area contributed by atoms with Crippen molar-refractivity contribution in [2.45, 2.75) is 0 Å². The fourth-order valence-corrected chi connectivity index (χ4v) is 1.90. The summed E-state index contributed by atoms with van der Waals surface area (Å²) in [6.45, 7) is 0. The van der Waals surface area contributed by atoms with E-state index in [0.717, 1.165) is 0 Å². The largest absolute Gasteiger partial charge is 0.321 e. The van der Waals surface area contributed by atoms with Crippen LogP contribution in [-0.4, -0.2) is 16.1 Å². The van der Waals surface area contributed by atoms with Crippen molar-refractivity contribution >= 4 is 22.5 Å². The van der Waals surface area contributed by atoms with E-state index in [9.17, 15) is 13.6 Å². The average molecular weight is 273 g/mol. The van der Waals surface area contributed by atoms with Crippen molar-refractivity contribution in [3.05, 3.63) is 59.8 Å². The van der Waals surface area contributed by atoms with Crippen molar-refractivity contribution < 1.29 is 13.6 Å². The Kier molecular flexibility index (Phi) is 2.90. The summed E-state index contributed by atoms with van der Waals surface area (Å²) in [4.78, 5) is 12.1. The second-order valence-corrected chi connectivity index (χ2v) is 4.20. The normalized spacial score (nSPS) is 10.7. The third-order valence-electron chi connectivity index (χ3n) is 2.86. The number of carbonyl (C=O) groups excluding carboxylic acids is 1. The van der Waals surface area contributed by atoms with Gasteiger partial charge in [-0.15, -0.1) is 0 Å². The summed E-state index contributed by atoms with van der Waals surface area (Å²) in [6.07, 6.45) is 0. The lowest BCUT2D eigenvalue weighted by molar-refractivity contribution is 0.102. The van der Waals surface area contributed by atoms with Gasteiger partial charge in [0.15, 0.2) is 5.82 Å². The van der Waals surface area contributed by atoms with E-state index in [1.165, 1.54) is 36.4 Å². The molecule has 0 unspecified atom stereocenters. The molecule has 0 bridgehead atoms. The highest BCUT2D eigenvalue weighted by atomic mass is 19.1. The van der Waals surface area contributed by atoms with Crippen LogP contribution >= 0.6 is 0 Å². The van der Waals surface area contributed by atoms with Crippen LogP contribution in [0.3, 0.4) is 0 Å². The van der Waals surface area contributed by atoms with Crippen LogP contribution < -0.4 is 5.32 Å². The number of aromatic nitrogens is 2. The molecular formula is C14H9F2N3O. The van der Waals surface area contributed by atoms with Gasteiger partial charge < -0.3 is 5.32 Å². The molecule has 0 fully saturated rings. The minimum Gasteiger partial charge on any atom is -0.321 e. The van der Waals surface area contributed by atoms with E-state index in [1.807, 2.05) is 0 Å². The molecule has 0 aliphatic heterocycles. The van der Waals surface area contributed by atoms with Crippen LogP contribution in [0.25, 0.3) is 10.9 Å². The number of nitrogens with one attached hydrogen (secondary N) is 2. The zero-order valence-electron chi connectivity index (χ0n) is 10.2. The topological polar surface area (TPSA) is 57.8 Å². The third kappa shape index (κ3) is 2.11. The molecule has 0 aliphatic carbocycles. The van der Waals surface area contributed by atoms with Crippen molar-refractivity contribution in [2.75, 3.05) is 5.32 Å². The summed E-state index contributed by atoms with van der Waals surface area (Å²) in [5.41, 5.74) is 0.705. The molecule has 2 N–H and O–H groups in total. The number of aromatic amines is 1. The van der Waals surface area contributed by atoms with E-state index >= 15 is 0 Å². The highest BCUT2D eigenvalue weighted by molar-refractivity contribution is 6.11. The van der Waals surface area contributed by atoms with Crippen LogP contribution in [0.15, 0.2) is 42.5 Å². The van der Waals surface area contributed by atoms with Crippen molar-refractivity contribution in [1.82, 2.24) is 10.2 Å². The predicted molar refractivity (Wildman–Crippen MR) is 70.4 cm³/mol. The number of hydrogen-bond donors (Lipinski definition) is 2. The Balaban J connectivity index is 1.93. The smallest absolute Gasteiger partial charge is 0.274 e. The Hall–Kier alpha value is -2.76. The first-order chi connectivity index (χ1) is 9.65. The highest BCUT2D eigenvalue weighted by Crippen LogP contribution is 2.19. The summed E-state index contributed by atoms with van der Waals surface area (Å²) in [5, 5.41) is 9.26. The number of para-hydroxylation sites is 1. The van der Waals surface area contributed by atoms with Gasteiger partial charge in [-0.05, 0) is 30.3 Å². The average Bonchev–Trinajstić information content (AvgIpc) is 2.87. The molecule has 0 aliphatic rings. The van der Waals surface area contributed by atoms with Crippen LogP contribution in [0, 0.1) is 11.6 Å². The Morgan fingerprint density at radius 3 is 2.60 bits per heavy atom. The van der Waals surface area contributed by atoms with Crippen molar-refractivity contribution in [3.8, 4) is 0 Å². The van der Waals surface area contributed by atoms with E-state index in [1.54, 1.807) is 6.07 Å². The SMILES string of the molecule is O=C(Nc1ccc(F)cc1)c1[nH]nc2c(F)cccc12. The van der Waals surface area contributed by atoms with Crippen LogP contribution in [-0.2, 0) is 0 Å². The second kappa shape index (κ2) is 4.73. The lowest BCUT2D eigenvalue weighted by Gasteiger charge is -2.03. The predicted octanol–water partition coefficient (Wildman–Crippen LogP) is 3.09. The van der Waals surface area contributed by atoms with E-state index < -0.39 is 17.5 Å². The maximum atomic E-state index is 13.5.